The Hall–Kier alpha value is -2.25. The van der Waals surface area contributed by atoms with Crippen LogP contribution in [0.15, 0.2) is 23.0 Å². The Bertz CT molecular complexity index is 788. The van der Waals surface area contributed by atoms with Crippen LogP contribution in [0.4, 0.5) is 0 Å². The SMILES string of the molecule is CCc1c(C)[nH]c(=O)c(C)c1Oc1cc(Cl)cc(C#N)c1. The minimum absolute atomic E-state index is 0.178. The second-order valence-electron chi connectivity index (χ2n) is 4.75. The summed E-state index contributed by atoms with van der Waals surface area (Å²) >= 11 is 5.97. The summed E-state index contributed by atoms with van der Waals surface area (Å²) < 4.78 is 5.86. The molecule has 0 aliphatic carbocycles. The lowest BCUT2D eigenvalue weighted by Gasteiger charge is -2.15. The molecule has 108 valence electrons. The van der Waals surface area contributed by atoms with Crippen molar-refractivity contribution in [1.29, 1.82) is 5.26 Å². The van der Waals surface area contributed by atoms with Gasteiger partial charge in [0.05, 0.1) is 17.2 Å². The summed E-state index contributed by atoms with van der Waals surface area (Å²) in [6.07, 6.45) is 0.727. The summed E-state index contributed by atoms with van der Waals surface area (Å²) in [7, 11) is 0. The fraction of sp³-hybridized carbons (Fsp3) is 0.250. The molecule has 4 nitrogen and oxygen atoms in total. The highest BCUT2D eigenvalue weighted by Crippen LogP contribution is 2.31. The molecule has 0 aliphatic rings. The van der Waals surface area contributed by atoms with Gasteiger partial charge >= 0.3 is 0 Å². The molecule has 0 amide bonds. The van der Waals surface area contributed by atoms with Crippen LogP contribution >= 0.6 is 11.6 Å². The maximum Gasteiger partial charge on any atom is 0.254 e. The smallest absolute Gasteiger partial charge is 0.254 e. The van der Waals surface area contributed by atoms with E-state index in [0.717, 1.165) is 17.7 Å². The molecule has 0 radical (unpaired) electrons. The van der Waals surface area contributed by atoms with Gasteiger partial charge < -0.3 is 9.72 Å². The fourth-order valence-electron chi connectivity index (χ4n) is 2.21. The number of halogens is 1. The Labute approximate surface area is 128 Å². The zero-order valence-corrected chi connectivity index (χ0v) is 12.8. The molecule has 1 aromatic heterocycles. The second kappa shape index (κ2) is 6.02. The van der Waals surface area contributed by atoms with E-state index in [2.05, 4.69) is 4.98 Å². The van der Waals surface area contributed by atoms with Crippen LogP contribution in [0.5, 0.6) is 11.5 Å². The van der Waals surface area contributed by atoms with E-state index in [9.17, 15) is 4.79 Å². The van der Waals surface area contributed by atoms with Crippen molar-refractivity contribution >= 4 is 11.6 Å². The molecule has 0 saturated heterocycles. The number of benzene rings is 1. The third-order valence-electron chi connectivity index (χ3n) is 3.28. The van der Waals surface area contributed by atoms with Gasteiger partial charge in [-0.05, 0) is 38.5 Å². The molecule has 0 fully saturated rings. The Morgan fingerprint density at radius 1 is 1.33 bits per heavy atom. The number of hydrogen-bond acceptors (Lipinski definition) is 3. The zero-order valence-electron chi connectivity index (χ0n) is 12.1. The largest absolute Gasteiger partial charge is 0.456 e. The lowest BCUT2D eigenvalue weighted by molar-refractivity contribution is 0.470. The normalized spacial score (nSPS) is 10.2. The highest BCUT2D eigenvalue weighted by molar-refractivity contribution is 6.30. The summed E-state index contributed by atoms with van der Waals surface area (Å²) in [5, 5.41) is 9.39. The zero-order chi connectivity index (χ0) is 15.6. The first-order valence-electron chi connectivity index (χ1n) is 6.57. The molecule has 21 heavy (non-hydrogen) atoms. The third-order valence-corrected chi connectivity index (χ3v) is 3.50. The molecule has 0 bridgehead atoms. The molecule has 2 aromatic rings. The van der Waals surface area contributed by atoms with Gasteiger partial charge in [-0.2, -0.15) is 5.26 Å². The van der Waals surface area contributed by atoms with E-state index in [4.69, 9.17) is 21.6 Å². The average molecular weight is 303 g/mol. The highest BCUT2D eigenvalue weighted by atomic mass is 35.5. The number of nitrogens with one attached hydrogen (secondary N) is 1. The minimum Gasteiger partial charge on any atom is -0.456 e. The number of rotatable bonds is 3. The van der Waals surface area contributed by atoms with Crippen LogP contribution < -0.4 is 10.3 Å². The van der Waals surface area contributed by atoms with Gasteiger partial charge in [0.1, 0.15) is 11.5 Å². The van der Waals surface area contributed by atoms with Gasteiger partial charge in [-0.1, -0.05) is 18.5 Å². The maximum atomic E-state index is 11.9. The highest BCUT2D eigenvalue weighted by Gasteiger charge is 2.14. The molecule has 0 unspecified atom stereocenters. The molecule has 0 aliphatic heterocycles. The van der Waals surface area contributed by atoms with Gasteiger partial charge in [0.15, 0.2) is 0 Å². The third kappa shape index (κ3) is 3.09. The lowest BCUT2D eigenvalue weighted by atomic mass is 10.1. The van der Waals surface area contributed by atoms with Gasteiger partial charge in [0.2, 0.25) is 0 Å². The Morgan fingerprint density at radius 3 is 2.67 bits per heavy atom. The Balaban J connectivity index is 2.56. The standard InChI is InChI=1S/C16H15ClN2O2/c1-4-14-10(3)19-16(20)9(2)15(14)21-13-6-11(8-18)5-12(17)7-13/h5-7H,4H2,1-3H3,(H,19,20). The summed E-state index contributed by atoms with van der Waals surface area (Å²) in [6.45, 7) is 5.54. The van der Waals surface area contributed by atoms with E-state index in [1.807, 2.05) is 19.9 Å². The first kappa shape index (κ1) is 15.1. The Morgan fingerprint density at radius 2 is 2.05 bits per heavy atom. The van der Waals surface area contributed by atoms with E-state index in [-0.39, 0.29) is 5.56 Å². The minimum atomic E-state index is -0.178. The molecule has 0 atom stereocenters. The second-order valence-corrected chi connectivity index (χ2v) is 5.19. The number of aryl methyl sites for hydroxylation is 1. The van der Waals surface area contributed by atoms with Crippen molar-refractivity contribution < 1.29 is 4.74 Å². The number of aromatic nitrogens is 1. The number of H-pyrrole nitrogens is 1. The molecule has 0 saturated carbocycles. The van der Waals surface area contributed by atoms with Crippen LogP contribution in [0, 0.1) is 25.2 Å². The molecule has 2 rings (SSSR count). The maximum absolute atomic E-state index is 11.9. The summed E-state index contributed by atoms with van der Waals surface area (Å²) in [6, 6.07) is 6.81. The fourth-order valence-corrected chi connectivity index (χ4v) is 2.43. The number of nitriles is 1. The van der Waals surface area contributed by atoms with Crippen LogP contribution in [0.25, 0.3) is 0 Å². The van der Waals surface area contributed by atoms with Gasteiger partial charge in [-0.25, -0.2) is 0 Å². The molecule has 1 heterocycles. The number of pyridine rings is 1. The number of hydrogen-bond donors (Lipinski definition) is 1. The van der Waals surface area contributed by atoms with Crippen molar-refractivity contribution in [2.24, 2.45) is 0 Å². The Kier molecular flexibility index (Phi) is 4.35. The number of ether oxygens (including phenoxy) is 1. The summed E-state index contributed by atoms with van der Waals surface area (Å²) in [5.41, 5.74) is 2.46. The van der Waals surface area contributed by atoms with E-state index in [0.29, 0.717) is 27.6 Å². The number of aromatic amines is 1. The van der Waals surface area contributed by atoms with Crippen molar-refractivity contribution in [2.75, 3.05) is 0 Å². The van der Waals surface area contributed by atoms with Gasteiger partial charge in [0, 0.05) is 16.3 Å². The monoisotopic (exact) mass is 302 g/mol. The molecule has 0 spiro atoms. The first-order chi connectivity index (χ1) is 9.96. The van der Waals surface area contributed by atoms with Crippen molar-refractivity contribution in [2.45, 2.75) is 27.2 Å². The van der Waals surface area contributed by atoms with Crippen molar-refractivity contribution in [3.8, 4) is 17.6 Å². The van der Waals surface area contributed by atoms with E-state index >= 15 is 0 Å². The van der Waals surface area contributed by atoms with Crippen molar-refractivity contribution in [3.63, 3.8) is 0 Å². The molecule has 5 heteroatoms. The van der Waals surface area contributed by atoms with E-state index < -0.39 is 0 Å². The lowest BCUT2D eigenvalue weighted by Crippen LogP contribution is -2.15. The predicted octanol–water partition coefficient (Wildman–Crippen LogP) is 3.87. The van der Waals surface area contributed by atoms with Crippen molar-refractivity contribution in [3.05, 3.63) is 56.0 Å². The van der Waals surface area contributed by atoms with Gasteiger partial charge in [-0.15, -0.1) is 0 Å². The topological polar surface area (TPSA) is 65.9 Å². The van der Waals surface area contributed by atoms with Crippen LogP contribution in [-0.4, -0.2) is 4.98 Å². The summed E-state index contributed by atoms with van der Waals surface area (Å²) in [5.74, 6) is 0.978. The van der Waals surface area contributed by atoms with Crippen LogP contribution in [0.1, 0.15) is 29.3 Å². The molecule has 1 N–H and O–H groups in total. The van der Waals surface area contributed by atoms with Gasteiger partial charge in [0.25, 0.3) is 5.56 Å². The number of nitrogens with zero attached hydrogens (tertiary/aromatic N) is 1. The molecular formula is C16H15ClN2O2. The van der Waals surface area contributed by atoms with Crippen molar-refractivity contribution in [1.82, 2.24) is 4.98 Å². The predicted molar refractivity (Wildman–Crippen MR) is 82.2 cm³/mol. The quantitative estimate of drug-likeness (QED) is 0.936. The first-order valence-corrected chi connectivity index (χ1v) is 6.95. The average Bonchev–Trinajstić information content (AvgIpc) is 2.44. The molecular weight excluding hydrogens is 288 g/mol. The van der Waals surface area contributed by atoms with E-state index in [1.165, 1.54) is 0 Å². The van der Waals surface area contributed by atoms with E-state index in [1.54, 1.807) is 25.1 Å². The van der Waals surface area contributed by atoms with Crippen LogP contribution in [0.3, 0.4) is 0 Å². The summed E-state index contributed by atoms with van der Waals surface area (Å²) in [4.78, 5) is 14.7. The van der Waals surface area contributed by atoms with Crippen LogP contribution in [-0.2, 0) is 6.42 Å². The molecule has 1 aromatic carbocycles. The van der Waals surface area contributed by atoms with Gasteiger partial charge in [-0.3, -0.25) is 4.79 Å². The van der Waals surface area contributed by atoms with Crippen LogP contribution in [0.2, 0.25) is 5.02 Å².